The summed E-state index contributed by atoms with van der Waals surface area (Å²) in [5, 5.41) is 21.6. The topological polar surface area (TPSA) is 139 Å². The molecule has 0 unspecified atom stereocenters. The Bertz CT molecular complexity index is 1020. The van der Waals surface area contributed by atoms with Gasteiger partial charge in [-0.15, -0.1) is 5.11 Å². The molecule has 1 aliphatic heterocycles. The van der Waals surface area contributed by atoms with Gasteiger partial charge in [-0.25, -0.2) is 15.1 Å². The summed E-state index contributed by atoms with van der Waals surface area (Å²) in [7, 11) is 0. The van der Waals surface area contributed by atoms with Crippen molar-refractivity contribution in [3.05, 3.63) is 57.6 Å². The first-order valence-corrected chi connectivity index (χ1v) is 11.6. The maximum atomic E-state index is 10.7. The van der Waals surface area contributed by atoms with Crippen LogP contribution in [0.2, 0.25) is 0 Å². The molecule has 1 fully saturated rings. The van der Waals surface area contributed by atoms with Crippen LogP contribution in [0.4, 0.5) is 11.5 Å². The highest BCUT2D eigenvalue weighted by molar-refractivity contribution is 5.78. The molecule has 2 heterocycles. The number of nitrogens with one attached hydrogen (secondary N) is 2. The Morgan fingerprint density at radius 2 is 2.11 bits per heavy atom. The van der Waals surface area contributed by atoms with Gasteiger partial charge in [0.05, 0.1) is 26.3 Å². The number of morpholine rings is 1. The molecule has 0 radical (unpaired) electrons. The van der Waals surface area contributed by atoms with Crippen LogP contribution in [-0.2, 0) is 11.3 Å². The van der Waals surface area contributed by atoms with E-state index in [0.29, 0.717) is 44.5 Å². The van der Waals surface area contributed by atoms with Crippen molar-refractivity contribution in [3.63, 3.8) is 0 Å². The molecular weight excluding hydrogens is 452 g/mol. The van der Waals surface area contributed by atoms with Crippen LogP contribution in [0.5, 0.6) is 5.88 Å². The zero-order chi connectivity index (χ0) is 24.9. The van der Waals surface area contributed by atoms with E-state index >= 15 is 0 Å². The summed E-state index contributed by atoms with van der Waals surface area (Å²) in [6, 6.07) is 11.9. The number of azo groups is 1. The van der Waals surface area contributed by atoms with Gasteiger partial charge in [-0.05, 0) is 18.9 Å². The van der Waals surface area contributed by atoms with Crippen molar-refractivity contribution in [2.75, 3.05) is 50.9 Å². The number of nitro groups is 1. The Hall–Kier alpha value is -3.80. The molecule has 35 heavy (non-hydrogen) atoms. The molecule has 0 aliphatic carbocycles. The first-order valence-electron chi connectivity index (χ1n) is 11.6. The maximum absolute atomic E-state index is 10.7. The second-order valence-corrected chi connectivity index (χ2v) is 7.88. The molecule has 3 rings (SSSR count). The molecule has 188 valence electrons. The quantitative estimate of drug-likeness (QED) is 0.124. The van der Waals surface area contributed by atoms with E-state index in [0.717, 1.165) is 30.8 Å². The normalized spacial score (nSPS) is 14.2. The number of aromatic nitrogens is 1. The lowest BCUT2D eigenvalue weighted by atomic mass is 10.1. The zero-order valence-corrected chi connectivity index (χ0v) is 20.1. The van der Waals surface area contributed by atoms with Crippen LogP contribution >= 0.6 is 0 Å². The first kappa shape index (κ1) is 25.8. The lowest BCUT2D eigenvalue weighted by Gasteiger charge is -2.29. The summed E-state index contributed by atoms with van der Waals surface area (Å²) < 4.78 is 11.3. The summed E-state index contributed by atoms with van der Waals surface area (Å²) in [5.74, 6) is 0.945. The van der Waals surface area contributed by atoms with E-state index in [2.05, 4.69) is 41.9 Å². The molecule has 0 amide bonds. The summed E-state index contributed by atoms with van der Waals surface area (Å²) in [6.07, 6.45) is 0.778. The molecule has 0 bridgehead atoms. The van der Waals surface area contributed by atoms with E-state index in [1.54, 1.807) is 0 Å². The Kier molecular flexibility index (Phi) is 10.2. The van der Waals surface area contributed by atoms with E-state index in [1.165, 1.54) is 5.56 Å². The van der Waals surface area contributed by atoms with Crippen LogP contribution in [0.1, 0.15) is 24.5 Å². The number of anilines is 1. The van der Waals surface area contributed by atoms with Crippen molar-refractivity contribution in [1.29, 1.82) is 0 Å². The number of hydrogen-bond donors (Lipinski definition) is 2. The second-order valence-electron chi connectivity index (χ2n) is 7.88. The first-order chi connectivity index (χ1) is 17.0. The van der Waals surface area contributed by atoms with E-state index in [4.69, 9.17) is 9.47 Å². The molecule has 2 aromatic rings. The van der Waals surface area contributed by atoms with E-state index in [9.17, 15) is 10.1 Å². The third kappa shape index (κ3) is 9.16. The van der Waals surface area contributed by atoms with Gasteiger partial charge in [0, 0.05) is 37.5 Å². The largest absolute Gasteiger partial charge is 0.476 e. The fourth-order valence-electron chi connectivity index (χ4n) is 3.37. The van der Waals surface area contributed by atoms with Crippen LogP contribution in [0.15, 0.2) is 51.6 Å². The average molecular weight is 485 g/mol. The van der Waals surface area contributed by atoms with Crippen molar-refractivity contribution in [2.24, 2.45) is 15.2 Å². The molecule has 0 saturated carbocycles. The van der Waals surface area contributed by atoms with Gasteiger partial charge < -0.3 is 19.7 Å². The van der Waals surface area contributed by atoms with E-state index in [-0.39, 0.29) is 12.6 Å². The molecular formula is C23H32N8O4. The molecule has 0 spiro atoms. The number of ether oxygens (including phenoxy) is 2. The van der Waals surface area contributed by atoms with Crippen molar-refractivity contribution < 1.29 is 14.5 Å². The van der Waals surface area contributed by atoms with E-state index in [1.807, 2.05) is 44.2 Å². The highest BCUT2D eigenvalue weighted by atomic mass is 16.7. The Balaban J connectivity index is 1.66. The maximum Gasteiger partial charge on any atom is 0.254 e. The van der Waals surface area contributed by atoms with Gasteiger partial charge in [-0.1, -0.05) is 42.2 Å². The zero-order valence-electron chi connectivity index (χ0n) is 20.1. The highest BCUT2D eigenvalue weighted by Gasteiger charge is 2.14. The van der Waals surface area contributed by atoms with Crippen LogP contribution in [0, 0.1) is 17.0 Å². The number of hydrogen-bond acceptors (Lipinski definition) is 9. The summed E-state index contributed by atoms with van der Waals surface area (Å²) in [6.45, 7) is 8.26. The van der Waals surface area contributed by atoms with Crippen molar-refractivity contribution in [1.82, 2.24) is 15.7 Å². The number of benzene rings is 1. The van der Waals surface area contributed by atoms with Gasteiger partial charge in [0.2, 0.25) is 5.88 Å². The van der Waals surface area contributed by atoms with Gasteiger partial charge in [0.25, 0.3) is 5.96 Å². The Morgan fingerprint density at radius 1 is 1.29 bits per heavy atom. The van der Waals surface area contributed by atoms with Crippen molar-refractivity contribution >= 4 is 17.5 Å². The number of aliphatic imine (C=N–C) groups is 1. The lowest BCUT2D eigenvalue weighted by Crippen LogP contribution is -2.42. The fraction of sp³-hybridized carbons (Fsp3) is 0.478. The van der Waals surface area contributed by atoms with Crippen LogP contribution in [0.25, 0.3) is 0 Å². The number of rotatable bonds is 11. The van der Waals surface area contributed by atoms with Crippen LogP contribution < -0.4 is 20.4 Å². The smallest absolute Gasteiger partial charge is 0.254 e. The molecule has 1 saturated heterocycles. The number of hydrazine groups is 1. The average Bonchev–Trinajstić information content (AvgIpc) is 2.85. The van der Waals surface area contributed by atoms with Crippen molar-refractivity contribution in [2.45, 2.75) is 26.8 Å². The van der Waals surface area contributed by atoms with Gasteiger partial charge in [-0.2, -0.15) is 10.1 Å². The van der Waals surface area contributed by atoms with Crippen LogP contribution in [0.3, 0.4) is 0 Å². The highest BCUT2D eigenvalue weighted by Crippen LogP contribution is 2.26. The van der Waals surface area contributed by atoms with Gasteiger partial charge in [-0.3, -0.25) is 0 Å². The second kappa shape index (κ2) is 13.8. The molecule has 12 nitrogen and oxygen atoms in total. The summed E-state index contributed by atoms with van der Waals surface area (Å²) >= 11 is 0. The summed E-state index contributed by atoms with van der Waals surface area (Å²) in [4.78, 5) is 21.5. The minimum Gasteiger partial charge on any atom is -0.476 e. The van der Waals surface area contributed by atoms with Crippen molar-refractivity contribution in [3.8, 4) is 5.88 Å². The Morgan fingerprint density at radius 3 is 2.86 bits per heavy atom. The van der Waals surface area contributed by atoms with E-state index < -0.39 is 5.03 Å². The number of pyridine rings is 1. The molecule has 1 aromatic heterocycles. The molecule has 0 atom stereocenters. The predicted octanol–water partition coefficient (Wildman–Crippen LogP) is 3.03. The molecule has 12 heteroatoms. The standard InChI is InChI=1S/C23H32N8O4/c1-3-7-24-23(29-31(32)33)25-8-11-35-22-16-20(30-9-12-34-13-10-30)15-21(27-22)28-26-17-19-6-4-5-18(2)14-19/h4-6,14-16H,3,7-13,17H2,1-2H3,(H2,24,25,29). The van der Waals surface area contributed by atoms with Gasteiger partial charge >= 0.3 is 0 Å². The number of guanidine groups is 1. The monoisotopic (exact) mass is 484 g/mol. The molecule has 1 aliphatic rings. The number of aryl methyl sites for hydroxylation is 1. The molecule has 1 aromatic carbocycles. The Labute approximate surface area is 204 Å². The lowest BCUT2D eigenvalue weighted by molar-refractivity contribution is -0.525. The third-order valence-electron chi connectivity index (χ3n) is 4.99. The van der Waals surface area contributed by atoms with Gasteiger partial charge in [0.1, 0.15) is 6.61 Å². The fourth-order valence-corrected chi connectivity index (χ4v) is 3.37. The van der Waals surface area contributed by atoms with Gasteiger partial charge in [0.15, 0.2) is 10.9 Å². The third-order valence-corrected chi connectivity index (χ3v) is 4.99. The predicted molar refractivity (Wildman–Crippen MR) is 133 cm³/mol. The summed E-state index contributed by atoms with van der Waals surface area (Å²) in [5.41, 5.74) is 5.23. The minimum absolute atomic E-state index is 0.0983. The molecule has 2 N–H and O–H groups in total. The SMILES string of the molecule is CCCN=C(NCCOc1cc(N2CCOCC2)cc(N=NCc2cccc(C)c2)n1)N[N+](=O)[O-]. The number of nitrogens with zero attached hydrogens (tertiary/aromatic N) is 6. The minimum atomic E-state index is -0.649. The van der Waals surface area contributed by atoms with Crippen LogP contribution in [-0.4, -0.2) is 62.0 Å².